The fourth-order valence-corrected chi connectivity index (χ4v) is 2.08. The van der Waals surface area contributed by atoms with Gasteiger partial charge in [-0.1, -0.05) is 0 Å². The fourth-order valence-electron chi connectivity index (χ4n) is 2.08. The summed E-state index contributed by atoms with van der Waals surface area (Å²) in [5, 5.41) is 21.4. The predicted molar refractivity (Wildman–Crippen MR) is 54.1 cm³/mol. The highest BCUT2D eigenvalue weighted by atomic mass is 16.3. The lowest BCUT2D eigenvalue weighted by Gasteiger charge is -2.34. The number of carbonyl (C=O) groups is 1. The number of aliphatic hydroxyl groups excluding tert-OH is 1. The Balaban J connectivity index is 2.84. The number of hydrogen-bond donors (Lipinski definition) is 1. The molecule has 84 valence electrons. The minimum atomic E-state index is -0.789. The molecule has 1 aliphatic rings. The SMILES string of the molecule is CC(C)N1[C@@H](C)C[C@@H](O)N1C(=O)CC#N. The van der Waals surface area contributed by atoms with E-state index in [-0.39, 0.29) is 24.4 Å². The van der Waals surface area contributed by atoms with Crippen LogP contribution in [0.1, 0.15) is 33.6 Å². The van der Waals surface area contributed by atoms with Gasteiger partial charge in [0, 0.05) is 18.5 Å². The molecule has 0 bridgehead atoms. The van der Waals surface area contributed by atoms with Crippen molar-refractivity contribution in [2.24, 2.45) is 0 Å². The van der Waals surface area contributed by atoms with Gasteiger partial charge in [-0.05, 0) is 20.8 Å². The van der Waals surface area contributed by atoms with Gasteiger partial charge in [0.1, 0.15) is 12.6 Å². The summed E-state index contributed by atoms with van der Waals surface area (Å²) in [5.74, 6) is -0.331. The Labute approximate surface area is 89.9 Å². The highest BCUT2D eigenvalue weighted by molar-refractivity contribution is 5.78. The van der Waals surface area contributed by atoms with E-state index in [4.69, 9.17) is 5.26 Å². The van der Waals surface area contributed by atoms with Crippen molar-refractivity contribution in [3.8, 4) is 6.07 Å². The van der Waals surface area contributed by atoms with Crippen LogP contribution in [-0.4, -0.2) is 39.3 Å². The van der Waals surface area contributed by atoms with E-state index in [0.717, 1.165) is 0 Å². The maximum atomic E-state index is 11.6. The van der Waals surface area contributed by atoms with Crippen molar-refractivity contribution in [1.29, 1.82) is 5.26 Å². The third kappa shape index (κ3) is 2.28. The Bertz CT molecular complexity index is 285. The van der Waals surface area contributed by atoms with E-state index in [1.807, 2.05) is 31.8 Å². The lowest BCUT2D eigenvalue weighted by atomic mass is 10.2. The van der Waals surface area contributed by atoms with Gasteiger partial charge < -0.3 is 5.11 Å². The molecule has 0 aromatic heterocycles. The molecule has 1 heterocycles. The van der Waals surface area contributed by atoms with Gasteiger partial charge in [-0.15, -0.1) is 0 Å². The maximum absolute atomic E-state index is 11.6. The largest absolute Gasteiger partial charge is 0.372 e. The molecule has 1 fully saturated rings. The molecule has 2 atom stereocenters. The molecule has 0 radical (unpaired) electrons. The highest BCUT2D eigenvalue weighted by Gasteiger charge is 2.40. The van der Waals surface area contributed by atoms with E-state index in [9.17, 15) is 9.90 Å². The Morgan fingerprint density at radius 2 is 2.27 bits per heavy atom. The molecule has 15 heavy (non-hydrogen) atoms. The molecule has 1 aliphatic heterocycles. The van der Waals surface area contributed by atoms with Gasteiger partial charge in [-0.2, -0.15) is 5.26 Å². The van der Waals surface area contributed by atoms with E-state index in [1.165, 1.54) is 5.01 Å². The smallest absolute Gasteiger partial charge is 0.253 e. The standard InChI is InChI=1S/C10H17N3O2/c1-7(2)12-8(3)6-10(15)13(12)9(14)4-5-11/h7-8,10,15H,4,6H2,1-3H3/t8-,10+/m0/s1. The summed E-state index contributed by atoms with van der Waals surface area (Å²) in [5.41, 5.74) is 0. The molecule has 0 aliphatic carbocycles. The van der Waals surface area contributed by atoms with Crippen LogP contribution in [0.25, 0.3) is 0 Å². The van der Waals surface area contributed by atoms with Crippen LogP contribution in [0.2, 0.25) is 0 Å². The highest BCUT2D eigenvalue weighted by Crippen LogP contribution is 2.26. The van der Waals surface area contributed by atoms with Gasteiger partial charge in [-0.3, -0.25) is 4.79 Å². The summed E-state index contributed by atoms with van der Waals surface area (Å²) in [6.45, 7) is 5.88. The van der Waals surface area contributed by atoms with Crippen LogP contribution in [0, 0.1) is 11.3 Å². The number of nitriles is 1. The lowest BCUT2D eigenvalue weighted by molar-refractivity contribution is -0.165. The fraction of sp³-hybridized carbons (Fsp3) is 0.800. The van der Waals surface area contributed by atoms with Gasteiger partial charge in [0.2, 0.25) is 0 Å². The zero-order chi connectivity index (χ0) is 11.6. The molecule has 0 saturated carbocycles. The number of amides is 1. The lowest BCUT2D eigenvalue weighted by Crippen LogP contribution is -2.50. The third-order valence-electron chi connectivity index (χ3n) is 2.55. The van der Waals surface area contributed by atoms with Crippen LogP contribution in [0.3, 0.4) is 0 Å². The van der Waals surface area contributed by atoms with Crippen molar-refractivity contribution in [2.75, 3.05) is 0 Å². The number of hydrazine groups is 1. The summed E-state index contributed by atoms with van der Waals surface area (Å²) in [4.78, 5) is 11.6. The van der Waals surface area contributed by atoms with Gasteiger partial charge in [-0.25, -0.2) is 10.0 Å². The minimum absolute atomic E-state index is 0.127. The van der Waals surface area contributed by atoms with Gasteiger partial charge in [0.15, 0.2) is 0 Å². The molecular formula is C10H17N3O2. The van der Waals surface area contributed by atoms with Crippen LogP contribution in [0.4, 0.5) is 0 Å². The Kier molecular flexibility index (Phi) is 3.66. The second-order valence-electron chi connectivity index (χ2n) is 4.11. The normalized spacial score (nSPS) is 27.1. The quantitative estimate of drug-likeness (QED) is 0.720. The van der Waals surface area contributed by atoms with Crippen molar-refractivity contribution in [1.82, 2.24) is 10.0 Å². The minimum Gasteiger partial charge on any atom is -0.372 e. The van der Waals surface area contributed by atoms with E-state index < -0.39 is 6.23 Å². The number of carbonyl (C=O) groups excluding carboxylic acids is 1. The Hall–Kier alpha value is -1.12. The summed E-state index contributed by atoms with van der Waals surface area (Å²) in [6, 6.07) is 2.08. The van der Waals surface area contributed by atoms with Crippen LogP contribution < -0.4 is 0 Å². The molecule has 0 unspecified atom stereocenters. The molecule has 1 amide bonds. The van der Waals surface area contributed by atoms with E-state index in [0.29, 0.717) is 6.42 Å². The first-order valence-corrected chi connectivity index (χ1v) is 5.14. The number of hydrogen-bond acceptors (Lipinski definition) is 4. The molecule has 1 N–H and O–H groups in total. The molecule has 5 nitrogen and oxygen atoms in total. The van der Waals surface area contributed by atoms with Gasteiger partial charge in [0.05, 0.1) is 6.07 Å². The van der Waals surface area contributed by atoms with E-state index >= 15 is 0 Å². The van der Waals surface area contributed by atoms with Crippen LogP contribution in [0.5, 0.6) is 0 Å². The van der Waals surface area contributed by atoms with Crippen molar-refractivity contribution in [2.45, 2.75) is 51.9 Å². The van der Waals surface area contributed by atoms with Crippen LogP contribution in [-0.2, 0) is 4.79 Å². The van der Waals surface area contributed by atoms with Crippen molar-refractivity contribution in [3.63, 3.8) is 0 Å². The molecule has 1 saturated heterocycles. The predicted octanol–water partition coefficient (Wildman–Crippen LogP) is 0.465. The van der Waals surface area contributed by atoms with Crippen molar-refractivity contribution in [3.05, 3.63) is 0 Å². The summed E-state index contributed by atoms with van der Waals surface area (Å²) in [6.07, 6.45) is -0.439. The topological polar surface area (TPSA) is 67.6 Å². The molecule has 5 heteroatoms. The first kappa shape index (κ1) is 12.0. The molecule has 0 aromatic rings. The average Bonchev–Trinajstić information content (AvgIpc) is 2.41. The van der Waals surface area contributed by atoms with Gasteiger partial charge in [0.25, 0.3) is 5.91 Å². The summed E-state index contributed by atoms with van der Waals surface area (Å²) in [7, 11) is 0. The monoisotopic (exact) mass is 211 g/mol. The van der Waals surface area contributed by atoms with E-state index in [2.05, 4.69) is 0 Å². The molecule has 0 aromatic carbocycles. The van der Waals surface area contributed by atoms with Crippen molar-refractivity contribution < 1.29 is 9.90 Å². The van der Waals surface area contributed by atoms with Crippen LogP contribution in [0.15, 0.2) is 0 Å². The second kappa shape index (κ2) is 4.60. The van der Waals surface area contributed by atoms with Gasteiger partial charge >= 0.3 is 0 Å². The van der Waals surface area contributed by atoms with E-state index in [1.54, 1.807) is 0 Å². The zero-order valence-corrected chi connectivity index (χ0v) is 9.34. The first-order valence-electron chi connectivity index (χ1n) is 5.14. The molecule has 1 rings (SSSR count). The van der Waals surface area contributed by atoms with Crippen molar-refractivity contribution >= 4 is 5.91 Å². The maximum Gasteiger partial charge on any atom is 0.253 e. The zero-order valence-electron chi connectivity index (χ0n) is 9.34. The molecule has 0 spiro atoms. The number of nitrogens with zero attached hydrogens (tertiary/aromatic N) is 3. The second-order valence-corrected chi connectivity index (χ2v) is 4.11. The number of rotatable bonds is 2. The third-order valence-corrected chi connectivity index (χ3v) is 2.55. The Morgan fingerprint density at radius 1 is 1.67 bits per heavy atom. The molecular weight excluding hydrogens is 194 g/mol. The first-order chi connectivity index (χ1) is 6.99. The number of aliphatic hydroxyl groups is 1. The Morgan fingerprint density at radius 3 is 2.73 bits per heavy atom. The summed E-state index contributed by atoms with van der Waals surface area (Å²) >= 11 is 0. The van der Waals surface area contributed by atoms with Crippen LogP contribution >= 0.6 is 0 Å². The summed E-state index contributed by atoms with van der Waals surface area (Å²) < 4.78 is 0. The average molecular weight is 211 g/mol.